The lowest BCUT2D eigenvalue weighted by molar-refractivity contribution is -0.119. The molecule has 1 heterocycles. The van der Waals surface area contributed by atoms with Crippen molar-refractivity contribution in [2.45, 2.75) is 38.2 Å². The highest BCUT2D eigenvalue weighted by atomic mass is 32.1. The molecule has 0 aliphatic carbocycles. The normalized spacial score (nSPS) is 18.5. The lowest BCUT2D eigenvalue weighted by Gasteiger charge is -2.21. The van der Waals surface area contributed by atoms with Crippen LogP contribution in [-0.4, -0.2) is 23.6 Å². The molecule has 20 heavy (non-hydrogen) atoms. The number of nitrogens with one attached hydrogen (secondary N) is 1. The van der Waals surface area contributed by atoms with Gasteiger partial charge >= 0.3 is 0 Å². The highest BCUT2D eigenvalue weighted by Crippen LogP contribution is 2.17. The second kappa shape index (κ2) is 7.36. The van der Waals surface area contributed by atoms with Crippen molar-refractivity contribution in [3.8, 4) is 0 Å². The smallest absolute Gasteiger partial charge is 0.226 e. The molecule has 1 saturated heterocycles. The highest BCUT2D eigenvalue weighted by molar-refractivity contribution is 7.80. The zero-order valence-corrected chi connectivity index (χ0v) is 12.2. The average Bonchev–Trinajstić information content (AvgIpc) is 2.41. The second-order valence-corrected chi connectivity index (χ2v) is 5.61. The Labute approximate surface area is 124 Å². The largest absolute Gasteiger partial charge is 0.393 e. The molecule has 1 amide bonds. The molecule has 1 fully saturated rings. The summed E-state index contributed by atoms with van der Waals surface area (Å²) >= 11 is 4.87. The summed E-state index contributed by atoms with van der Waals surface area (Å²) in [6.45, 7) is 0.769. The van der Waals surface area contributed by atoms with Crippen LogP contribution in [0.5, 0.6) is 0 Å². The number of thiocarbonyl (C=S) groups is 1. The van der Waals surface area contributed by atoms with Crippen molar-refractivity contribution in [3.63, 3.8) is 0 Å². The molecular weight excluding hydrogens is 272 g/mol. The maximum absolute atomic E-state index is 11.9. The van der Waals surface area contributed by atoms with Gasteiger partial charge in [-0.05, 0) is 37.0 Å². The molecule has 1 unspecified atom stereocenters. The van der Waals surface area contributed by atoms with E-state index in [1.54, 1.807) is 0 Å². The van der Waals surface area contributed by atoms with Crippen LogP contribution in [0.2, 0.25) is 0 Å². The van der Waals surface area contributed by atoms with E-state index >= 15 is 0 Å². The molecule has 0 saturated carbocycles. The maximum Gasteiger partial charge on any atom is 0.226 e. The molecule has 0 aromatic heterocycles. The minimum atomic E-state index is -0.000930. The van der Waals surface area contributed by atoms with Gasteiger partial charge in [-0.15, -0.1) is 0 Å². The Morgan fingerprint density at radius 3 is 2.70 bits per heavy atom. The maximum atomic E-state index is 11.9. The summed E-state index contributed by atoms with van der Waals surface area (Å²) in [7, 11) is 0. The number of hydrogen-bond donors (Lipinski definition) is 2. The van der Waals surface area contributed by atoms with E-state index in [2.05, 4.69) is 5.32 Å². The Hall–Kier alpha value is -1.46. The van der Waals surface area contributed by atoms with Crippen LogP contribution < -0.4 is 11.1 Å². The van der Waals surface area contributed by atoms with Crippen LogP contribution in [0.4, 0.5) is 5.69 Å². The molecule has 4 nitrogen and oxygen atoms in total. The number of anilines is 1. The molecular formula is C15H20N2O2S. The summed E-state index contributed by atoms with van der Waals surface area (Å²) in [5.41, 5.74) is 7.33. The van der Waals surface area contributed by atoms with Gasteiger partial charge < -0.3 is 15.8 Å². The van der Waals surface area contributed by atoms with Gasteiger partial charge in [0, 0.05) is 18.7 Å². The molecule has 5 heteroatoms. The van der Waals surface area contributed by atoms with Gasteiger partial charge in [-0.3, -0.25) is 4.79 Å². The van der Waals surface area contributed by atoms with Gasteiger partial charge in [0.15, 0.2) is 0 Å². The number of benzene rings is 1. The van der Waals surface area contributed by atoms with Crippen molar-refractivity contribution in [1.82, 2.24) is 0 Å². The van der Waals surface area contributed by atoms with Gasteiger partial charge in [-0.1, -0.05) is 24.4 Å². The number of hydrogen-bond acceptors (Lipinski definition) is 3. The summed E-state index contributed by atoms with van der Waals surface area (Å²) in [6, 6.07) is 7.58. The van der Waals surface area contributed by atoms with E-state index in [-0.39, 0.29) is 12.0 Å². The SMILES string of the molecule is NC(=S)Cc1ccc(NC(=O)CC2CCCCO2)cc1. The molecule has 1 aromatic carbocycles. The third kappa shape index (κ3) is 4.90. The van der Waals surface area contributed by atoms with Crippen LogP contribution in [-0.2, 0) is 16.0 Å². The lowest BCUT2D eigenvalue weighted by Crippen LogP contribution is -2.25. The first-order valence-electron chi connectivity index (χ1n) is 6.92. The van der Waals surface area contributed by atoms with Crippen molar-refractivity contribution >= 4 is 28.8 Å². The minimum absolute atomic E-state index is 0.000930. The van der Waals surface area contributed by atoms with Gasteiger partial charge in [-0.2, -0.15) is 0 Å². The topological polar surface area (TPSA) is 64.3 Å². The van der Waals surface area contributed by atoms with Crippen molar-refractivity contribution in [3.05, 3.63) is 29.8 Å². The Balaban J connectivity index is 1.82. The third-order valence-corrected chi connectivity index (χ3v) is 3.45. The van der Waals surface area contributed by atoms with Gasteiger partial charge in [0.2, 0.25) is 5.91 Å². The summed E-state index contributed by atoms with van der Waals surface area (Å²) in [5.74, 6) is -0.000930. The molecule has 0 spiro atoms. The van der Waals surface area contributed by atoms with Crippen molar-refractivity contribution in [1.29, 1.82) is 0 Å². The predicted molar refractivity (Wildman–Crippen MR) is 83.8 cm³/mol. The quantitative estimate of drug-likeness (QED) is 0.818. The summed E-state index contributed by atoms with van der Waals surface area (Å²) in [5, 5.41) is 2.89. The molecule has 1 aromatic rings. The van der Waals surface area contributed by atoms with Crippen LogP contribution >= 0.6 is 12.2 Å². The predicted octanol–water partition coefficient (Wildman–Crippen LogP) is 2.41. The zero-order chi connectivity index (χ0) is 14.4. The number of rotatable bonds is 5. The molecule has 2 rings (SSSR count). The Kier molecular flexibility index (Phi) is 5.49. The van der Waals surface area contributed by atoms with Crippen molar-refractivity contribution < 1.29 is 9.53 Å². The van der Waals surface area contributed by atoms with E-state index in [9.17, 15) is 4.79 Å². The third-order valence-electron chi connectivity index (χ3n) is 3.30. The van der Waals surface area contributed by atoms with Gasteiger partial charge in [0.1, 0.15) is 0 Å². The number of ether oxygens (including phenoxy) is 1. The molecule has 1 atom stereocenters. The first-order valence-corrected chi connectivity index (χ1v) is 7.33. The second-order valence-electron chi connectivity index (χ2n) is 5.08. The fourth-order valence-corrected chi connectivity index (χ4v) is 2.46. The molecule has 1 aliphatic rings. The van der Waals surface area contributed by atoms with E-state index in [0.29, 0.717) is 17.8 Å². The first-order chi connectivity index (χ1) is 9.63. The summed E-state index contributed by atoms with van der Waals surface area (Å²) in [4.78, 5) is 12.4. The molecule has 0 bridgehead atoms. The molecule has 0 radical (unpaired) electrons. The number of carbonyl (C=O) groups is 1. The average molecular weight is 292 g/mol. The fourth-order valence-electron chi connectivity index (χ4n) is 2.29. The fraction of sp³-hybridized carbons (Fsp3) is 0.467. The minimum Gasteiger partial charge on any atom is -0.393 e. The van der Waals surface area contributed by atoms with Gasteiger partial charge in [0.25, 0.3) is 0 Å². The van der Waals surface area contributed by atoms with Crippen LogP contribution in [0.3, 0.4) is 0 Å². The molecule has 108 valence electrons. The molecule has 3 N–H and O–H groups in total. The Morgan fingerprint density at radius 1 is 1.35 bits per heavy atom. The van der Waals surface area contributed by atoms with E-state index in [4.69, 9.17) is 22.7 Å². The van der Waals surface area contributed by atoms with Gasteiger partial charge in [0.05, 0.1) is 17.5 Å². The van der Waals surface area contributed by atoms with Crippen LogP contribution in [0, 0.1) is 0 Å². The number of nitrogens with two attached hydrogens (primary N) is 1. The van der Waals surface area contributed by atoms with E-state index in [1.165, 1.54) is 0 Å². The van der Waals surface area contributed by atoms with E-state index in [1.807, 2.05) is 24.3 Å². The van der Waals surface area contributed by atoms with Crippen LogP contribution in [0.15, 0.2) is 24.3 Å². The van der Waals surface area contributed by atoms with Crippen molar-refractivity contribution in [2.75, 3.05) is 11.9 Å². The lowest BCUT2D eigenvalue weighted by atomic mass is 10.1. The van der Waals surface area contributed by atoms with E-state index < -0.39 is 0 Å². The highest BCUT2D eigenvalue weighted by Gasteiger charge is 2.17. The Bertz CT molecular complexity index is 467. The summed E-state index contributed by atoms with van der Waals surface area (Å²) < 4.78 is 5.56. The van der Waals surface area contributed by atoms with Crippen LogP contribution in [0.1, 0.15) is 31.2 Å². The number of amides is 1. The van der Waals surface area contributed by atoms with E-state index in [0.717, 1.165) is 37.1 Å². The zero-order valence-electron chi connectivity index (χ0n) is 11.4. The van der Waals surface area contributed by atoms with Gasteiger partial charge in [-0.25, -0.2) is 0 Å². The molecule has 1 aliphatic heterocycles. The monoisotopic (exact) mass is 292 g/mol. The number of carbonyl (C=O) groups excluding carboxylic acids is 1. The van der Waals surface area contributed by atoms with Crippen molar-refractivity contribution in [2.24, 2.45) is 5.73 Å². The summed E-state index contributed by atoms with van der Waals surface area (Å²) in [6.07, 6.45) is 4.29. The standard InChI is InChI=1S/C15H20N2O2S/c16-14(20)9-11-4-6-12(7-5-11)17-15(18)10-13-3-1-2-8-19-13/h4-7,13H,1-3,8-10H2,(H2,16,20)(H,17,18). The Morgan fingerprint density at radius 2 is 2.10 bits per heavy atom. The van der Waals surface area contributed by atoms with Crippen LogP contribution in [0.25, 0.3) is 0 Å². The first kappa shape index (κ1) is 14.9.